The van der Waals surface area contributed by atoms with Crippen molar-refractivity contribution in [3.05, 3.63) is 16.9 Å². The average molecular weight is 298 g/mol. The molecule has 0 aromatic carbocycles. The zero-order valence-electron chi connectivity index (χ0n) is 13.2. The molecule has 0 amide bonds. The van der Waals surface area contributed by atoms with Crippen molar-refractivity contribution in [3.8, 4) is 0 Å². The van der Waals surface area contributed by atoms with Gasteiger partial charge in [-0.15, -0.1) is 0 Å². The molecule has 1 aliphatic carbocycles. The van der Waals surface area contributed by atoms with Gasteiger partial charge in [-0.3, -0.25) is 4.68 Å². The molecule has 3 nitrogen and oxygen atoms in total. The van der Waals surface area contributed by atoms with Crippen LogP contribution in [0.25, 0.3) is 0 Å². The SMILES string of the molecule is CC(C)CNCC1CCCC1c1c(Cl)cnn1C(C)C. The summed E-state index contributed by atoms with van der Waals surface area (Å²) in [5, 5.41) is 8.93. The van der Waals surface area contributed by atoms with Gasteiger partial charge in [0.15, 0.2) is 0 Å². The molecule has 2 atom stereocenters. The molecule has 1 aliphatic rings. The van der Waals surface area contributed by atoms with Gasteiger partial charge >= 0.3 is 0 Å². The smallest absolute Gasteiger partial charge is 0.0820 e. The molecule has 114 valence electrons. The number of nitrogens with one attached hydrogen (secondary N) is 1. The minimum Gasteiger partial charge on any atom is -0.316 e. The molecule has 0 saturated heterocycles. The van der Waals surface area contributed by atoms with Crippen LogP contribution in [0.5, 0.6) is 0 Å². The maximum Gasteiger partial charge on any atom is 0.0820 e. The van der Waals surface area contributed by atoms with E-state index in [0.29, 0.717) is 23.8 Å². The molecule has 1 saturated carbocycles. The monoisotopic (exact) mass is 297 g/mol. The van der Waals surface area contributed by atoms with Crippen molar-refractivity contribution in [2.24, 2.45) is 11.8 Å². The summed E-state index contributed by atoms with van der Waals surface area (Å²) >= 11 is 6.42. The predicted octanol–water partition coefficient (Wildman–Crippen LogP) is 4.25. The molecule has 0 aliphatic heterocycles. The molecule has 0 radical (unpaired) electrons. The van der Waals surface area contributed by atoms with Crippen LogP contribution in [-0.2, 0) is 0 Å². The molecule has 1 N–H and O–H groups in total. The Hall–Kier alpha value is -0.540. The fraction of sp³-hybridized carbons (Fsp3) is 0.812. The Morgan fingerprint density at radius 3 is 2.75 bits per heavy atom. The van der Waals surface area contributed by atoms with E-state index in [-0.39, 0.29) is 0 Å². The summed E-state index contributed by atoms with van der Waals surface area (Å²) in [7, 11) is 0. The van der Waals surface area contributed by atoms with E-state index >= 15 is 0 Å². The van der Waals surface area contributed by atoms with Crippen molar-refractivity contribution in [2.75, 3.05) is 13.1 Å². The number of rotatable bonds is 6. The van der Waals surface area contributed by atoms with E-state index in [1.165, 1.54) is 25.0 Å². The average Bonchev–Trinajstić information content (AvgIpc) is 2.94. The minimum atomic E-state index is 0.377. The lowest BCUT2D eigenvalue weighted by molar-refractivity contribution is 0.396. The highest BCUT2D eigenvalue weighted by atomic mass is 35.5. The number of hydrogen-bond acceptors (Lipinski definition) is 2. The first-order chi connectivity index (χ1) is 9.50. The van der Waals surface area contributed by atoms with E-state index in [1.807, 2.05) is 6.20 Å². The first-order valence-electron chi connectivity index (χ1n) is 7.94. The molecule has 0 bridgehead atoms. The van der Waals surface area contributed by atoms with Crippen LogP contribution < -0.4 is 5.32 Å². The Morgan fingerprint density at radius 1 is 1.35 bits per heavy atom. The normalized spacial score (nSPS) is 23.1. The van der Waals surface area contributed by atoms with Gasteiger partial charge in [0.1, 0.15) is 0 Å². The van der Waals surface area contributed by atoms with E-state index in [2.05, 4.69) is 42.8 Å². The van der Waals surface area contributed by atoms with Gasteiger partial charge < -0.3 is 5.32 Å². The standard InChI is InChI=1S/C16H28ClN3/c1-11(2)8-18-9-13-6-5-7-14(13)16-15(17)10-19-20(16)12(3)4/h10-14,18H,5-9H2,1-4H3. The summed E-state index contributed by atoms with van der Waals surface area (Å²) in [6.07, 6.45) is 5.66. The molecule has 2 unspecified atom stereocenters. The lowest BCUT2D eigenvalue weighted by Gasteiger charge is -2.23. The van der Waals surface area contributed by atoms with E-state index in [9.17, 15) is 0 Å². The van der Waals surface area contributed by atoms with Gasteiger partial charge in [0.05, 0.1) is 16.9 Å². The lowest BCUT2D eigenvalue weighted by atomic mass is 9.92. The maximum atomic E-state index is 6.42. The molecule has 1 heterocycles. The third kappa shape index (κ3) is 3.56. The van der Waals surface area contributed by atoms with E-state index in [0.717, 1.165) is 18.1 Å². The van der Waals surface area contributed by atoms with Gasteiger partial charge in [-0.2, -0.15) is 5.10 Å². The van der Waals surface area contributed by atoms with Crippen molar-refractivity contribution >= 4 is 11.6 Å². The number of hydrogen-bond donors (Lipinski definition) is 1. The van der Waals surface area contributed by atoms with E-state index in [4.69, 9.17) is 11.6 Å². The molecule has 4 heteroatoms. The zero-order valence-corrected chi connectivity index (χ0v) is 14.0. The summed E-state index contributed by atoms with van der Waals surface area (Å²) < 4.78 is 2.12. The van der Waals surface area contributed by atoms with Crippen LogP contribution in [0.15, 0.2) is 6.20 Å². The molecular weight excluding hydrogens is 270 g/mol. The van der Waals surface area contributed by atoms with Gasteiger partial charge in [-0.05, 0) is 51.6 Å². The van der Waals surface area contributed by atoms with Gasteiger partial charge in [-0.25, -0.2) is 0 Å². The highest BCUT2D eigenvalue weighted by Crippen LogP contribution is 2.42. The van der Waals surface area contributed by atoms with Crippen molar-refractivity contribution < 1.29 is 0 Å². The van der Waals surface area contributed by atoms with Gasteiger partial charge in [0, 0.05) is 12.0 Å². The highest BCUT2D eigenvalue weighted by Gasteiger charge is 2.32. The third-order valence-corrected chi connectivity index (χ3v) is 4.54. The van der Waals surface area contributed by atoms with Gasteiger partial charge in [0.25, 0.3) is 0 Å². The Labute approximate surface area is 128 Å². The number of nitrogens with zero attached hydrogens (tertiary/aromatic N) is 2. The topological polar surface area (TPSA) is 29.9 Å². The summed E-state index contributed by atoms with van der Waals surface area (Å²) in [4.78, 5) is 0. The van der Waals surface area contributed by atoms with Gasteiger partial charge in [0.2, 0.25) is 0 Å². The second kappa shape index (κ2) is 6.95. The molecule has 20 heavy (non-hydrogen) atoms. The molecule has 0 spiro atoms. The number of aromatic nitrogens is 2. The molecule has 1 aromatic heterocycles. The highest BCUT2D eigenvalue weighted by molar-refractivity contribution is 6.31. The second-order valence-corrected chi connectivity index (χ2v) is 7.17. The fourth-order valence-corrected chi connectivity index (χ4v) is 3.58. The van der Waals surface area contributed by atoms with Crippen LogP contribution in [-0.4, -0.2) is 22.9 Å². The first kappa shape index (κ1) is 15.8. The largest absolute Gasteiger partial charge is 0.316 e. The van der Waals surface area contributed by atoms with Gasteiger partial charge in [-0.1, -0.05) is 31.9 Å². The number of halogens is 1. The summed E-state index contributed by atoms with van der Waals surface area (Å²) in [5.41, 5.74) is 1.26. The molecule has 1 aromatic rings. The second-order valence-electron chi connectivity index (χ2n) is 6.77. The van der Waals surface area contributed by atoms with E-state index in [1.54, 1.807) is 0 Å². The van der Waals surface area contributed by atoms with Crippen LogP contribution >= 0.6 is 11.6 Å². The van der Waals surface area contributed by atoms with Crippen LogP contribution in [0.4, 0.5) is 0 Å². The first-order valence-corrected chi connectivity index (χ1v) is 8.32. The maximum absolute atomic E-state index is 6.42. The van der Waals surface area contributed by atoms with Crippen LogP contribution in [0.2, 0.25) is 5.02 Å². The van der Waals surface area contributed by atoms with Crippen molar-refractivity contribution in [1.82, 2.24) is 15.1 Å². The molecular formula is C16H28ClN3. The Balaban J connectivity index is 2.08. The molecule has 2 rings (SSSR count). The summed E-state index contributed by atoms with van der Waals surface area (Å²) in [6, 6.07) is 0.377. The Kier molecular flexibility index (Phi) is 5.50. The summed E-state index contributed by atoms with van der Waals surface area (Å²) in [6.45, 7) is 11.1. The Bertz CT molecular complexity index is 425. The van der Waals surface area contributed by atoms with Crippen LogP contribution in [0.1, 0.15) is 64.6 Å². The Morgan fingerprint density at radius 2 is 2.10 bits per heavy atom. The predicted molar refractivity (Wildman–Crippen MR) is 85.4 cm³/mol. The minimum absolute atomic E-state index is 0.377. The van der Waals surface area contributed by atoms with Crippen molar-refractivity contribution in [1.29, 1.82) is 0 Å². The molecule has 1 fully saturated rings. The van der Waals surface area contributed by atoms with Crippen LogP contribution in [0, 0.1) is 11.8 Å². The lowest BCUT2D eigenvalue weighted by Crippen LogP contribution is -2.28. The quantitative estimate of drug-likeness (QED) is 0.851. The van der Waals surface area contributed by atoms with Crippen molar-refractivity contribution in [2.45, 2.75) is 58.9 Å². The van der Waals surface area contributed by atoms with Crippen LogP contribution in [0.3, 0.4) is 0 Å². The zero-order chi connectivity index (χ0) is 14.7. The van der Waals surface area contributed by atoms with Crippen molar-refractivity contribution in [3.63, 3.8) is 0 Å². The fourth-order valence-electron chi connectivity index (χ4n) is 3.31. The summed E-state index contributed by atoms with van der Waals surface area (Å²) in [5.74, 6) is 1.96. The third-order valence-electron chi connectivity index (χ3n) is 4.25. The van der Waals surface area contributed by atoms with E-state index < -0.39 is 0 Å².